The number of aliphatic imine (C=N–C) groups is 1. The van der Waals surface area contributed by atoms with Crippen molar-refractivity contribution in [3.63, 3.8) is 0 Å². The van der Waals surface area contributed by atoms with Crippen LogP contribution >= 0.6 is 24.0 Å². The molecule has 0 unspecified atom stereocenters. The second kappa shape index (κ2) is 11.7. The fourth-order valence-electron chi connectivity index (χ4n) is 3.03. The van der Waals surface area contributed by atoms with Crippen molar-refractivity contribution in [2.24, 2.45) is 4.99 Å². The minimum Gasteiger partial charge on any atom is -0.357 e. The maximum Gasteiger partial charge on any atom is 0.244 e. The first-order valence-electron chi connectivity index (χ1n) is 8.77. The summed E-state index contributed by atoms with van der Waals surface area (Å²) in [4.78, 5) is 18.4. The van der Waals surface area contributed by atoms with Crippen LogP contribution in [-0.4, -0.2) is 49.5 Å². The molecular weight excluding hydrogens is 403 g/mol. The number of guanidine groups is 1. The number of rotatable bonds is 6. The lowest BCUT2D eigenvalue weighted by molar-refractivity contribution is -0.128. The molecule has 1 aliphatic carbocycles. The van der Waals surface area contributed by atoms with E-state index in [1.54, 1.807) is 5.57 Å². The van der Waals surface area contributed by atoms with E-state index in [0.29, 0.717) is 0 Å². The molecule has 6 heteroatoms. The Morgan fingerprint density at radius 3 is 2.65 bits per heavy atom. The van der Waals surface area contributed by atoms with E-state index in [0.717, 1.165) is 51.4 Å². The van der Waals surface area contributed by atoms with Gasteiger partial charge in [0.25, 0.3) is 0 Å². The summed E-state index contributed by atoms with van der Waals surface area (Å²) in [5.74, 6) is 0.899. The number of likely N-dealkylation sites (tertiary alicyclic amines) is 1. The number of carbonyl (C=O) groups excluding carboxylic acids is 1. The van der Waals surface area contributed by atoms with E-state index < -0.39 is 0 Å². The summed E-state index contributed by atoms with van der Waals surface area (Å²) >= 11 is 0. The molecule has 0 aromatic heterocycles. The van der Waals surface area contributed by atoms with Crippen molar-refractivity contribution >= 4 is 35.8 Å². The van der Waals surface area contributed by atoms with Crippen LogP contribution in [-0.2, 0) is 4.79 Å². The smallest absolute Gasteiger partial charge is 0.244 e. The van der Waals surface area contributed by atoms with Gasteiger partial charge in [0.2, 0.25) is 5.91 Å². The fraction of sp³-hybridized carbons (Fsp3) is 0.765. The third kappa shape index (κ3) is 7.54. The van der Waals surface area contributed by atoms with Crippen LogP contribution in [0.4, 0.5) is 0 Å². The Hall–Kier alpha value is -0.790. The Bertz CT molecular complexity index is 417. The van der Waals surface area contributed by atoms with Gasteiger partial charge in [0.15, 0.2) is 5.96 Å². The third-order valence-electron chi connectivity index (χ3n) is 4.30. The molecular formula is C17H31IN4O. The molecule has 0 bridgehead atoms. The third-order valence-corrected chi connectivity index (χ3v) is 4.30. The zero-order valence-electron chi connectivity index (χ0n) is 14.3. The van der Waals surface area contributed by atoms with Gasteiger partial charge in [-0.2, -0.15) is 0 Å². The monoisotopic (exact) mass is 434 g/mol. The Balaban J connectivity index is 0.00000264. The predicted octanol–water partition coefficient (Wildman–Crippen LogP) is 2.67. The van der Waals surface area contributed by atoms with Crippen LogP contribution in [0.3, 0.4) is 0 Å². The van der Waals surface area contributed by atoms with Gasteiger partial charge >= 0.3 is 0 Å². The fourth-order valence-corrected chi connectivity index (χ4v) is 3.03. The van der Waals surface area contributed by atoms with E-state index in [-0.39, 0.29) is 36.4 Å². The van der Waals surface area contributed by atoms with Crippen LogP contribution in [0.2, 0.25) is 0 Å². The SMILES string of the molecule is CCNC(=NCC(=O)N1CCCC1)NCCC1=CCCCC1.I. The summed E-state index contributed by atoms with van der Waals surface area (Å²) < 4.78 is 0. The van der Waals surface area contributed by atoms with Crippen molar-refractivity contribution < 1.29 is 4.79 Å². The molecule has 0 aromatic carbocycles. The predicted molar refractivity (Wildman–Crippen MR) is 106 cm³/mol. The quantitative estimate of drug-likeness (QED) is 0.293. The topological polar surface area (TPSA) is 56.7 Å². The molecule has 2 rings (SSSR count). The van der Waals surface area contributed by atoms with Crippen molar-refractivity contribution in [1.82, 2.24) is 15.5 Å². The van der Waals surface area contributed by atoms with Crippen molar-refractivity contribution in [1.29, 1.82) is 0 Å². The first-order chi connectivity index (χ1) is 10.8. The molecule has 23 heavy (non-hydrogen) atoms. The summed E-state index contributed by atoms with van der Waals surface area (Å²) in [6.07, 6.45) is 10.8. The maximum atomic E-state index is 12.0. The zero-order chi connectivity index (χ0) is 15.6. The molecule has 0 spiro atoms. The van der Waals surface area contributed by atoms with Crippen LogP contribution in [0.15, 0.2) is 16.6 Å². The Morgan fingerprint density at radius 1 is 1.22 bits per heavy atom. The first kappa shape index (κ1) is 20.3. The summed E-state index contributed by atoms with van der Waals surface area (Å²) in [6.45, 7) is 5.78. The highest BCUT2D eigenvalue weighted by Gasteiger charge is 2.17. The van der Waals surface area contributed by atoms with Crippen molar-refractivity contribution in [3.8, 4) is 0 Å². The van der Waals surface area contributed by atoms with Crippen LogP contribution in [0.5, 0.6) is 0 Å². The molecule has 0 atom stereocenters. The van der Waals surface area contributed by atoms with Crippen LogP contribution in [0.25, 0.3) is 0 Å². The number of allylic oxidation sites excluding steroid dienone is 1. The van der Waals surface area contributed by atoms with E-state index in [1.807, 2.05) is 11.8 Å². The normalized spacial score (nSPS) is 18.2. The molecule has 0 aromatic rings. The molecule has 5 nitrogen and oxygen atoms in total. The standard InChI is InChI=1S/C17H30N4O.HI/c1-2-18-17(19-11-10-15-8-4-3-5-9-15)20-14-16(22)21-12-6-7-13-21;/h8H,2-7,9-14H2,1H3,(H2,18,19,20);1H. The van der Waals surface area contributed by atoms with Gasteiger partial charge in [0.05, 0.1) is 0 Å². The molecule has 1 fully saturated rings. The molecule has 1 saturated heterocycles. The molecule has 1 amide bonds. The van der Waals surface area contributed by atoms with Crippen molar-refractivity contribution in [3.05, 3.63) is 11.6 Å². The van der Waals surface area contributed by atoms with Crippen molar-refractivity contribution in [2.75, 3.05) is 32.7 Å². The minimum absolute atomic E-state index is 0. The second-order valence-electron chi connectivity index (χ2n) is 6.07. The number of carbonyl (C=O) groups is 1. The van der Waals surface area contributed by atoms with Gasteiger partial charge in [-0.25, -0.2) is 4.99 Å². The number of amides is 1. The summed E-state index contributed by atoms with van der Waals surface area (Å²) in [5, 5.41) is 6.56. The number of nitrogens with one attached hydrogen (secondary N) is 2. The van der Waals surface area contributed by atoms with Crippen LogP contribution in [0.1, 0.15) is 51.9 Å². The van der Waals surface area contributed by atoms with Gasteiger partial charge < -0.3 is 15.5 Å². The number of nitrogens with zero attached hydrogens (tertiary/aromatic N) is 2. The molecule has 0 radical (unpaired) electrons. The highest BCUT2D eigenvalue weighted by atomic mass is 127. The summed E-state index contributed by atoms with van der Waals surface area (Å²) in [7, 11) is 0. The Morgan fingerprint density at radius 2 is 2.00 bits per heavy atom. The number of hydrogen-bond donors (Lipinski definition) is 2. The average Bonchev–Trinajstić information content (AvgIpc) is 3.08. The van der Waals surface area contributed by atoms with Gasteiger partial charge in [-0.05, 0) is 51.9 Å². The van der Waals surface area contributed by atoms with E-state index in [4.69, 9.17) is 0 Å². The first-order valence-corrected chi connectivity index (χ1v) is 8.77. The van der Waals surface area contributed by atoms with Gasteiger partial charge in [-0.3, -0.25) is 4.79 Å². The number of halogens is 1. The molecule has 2 aliphatic rings. The highest BCUT2D eigenvalue weighted by molar-refractivity contribution is 14.0. The lowest BCUT2D eigenvalue weighted by Gasteiger charge is -2.16. The van der Waals surface area contributed by atoms with Gasteiger partial charge in [0.1, 0.15) is 6.54 Å². The summed E-state index contributed by atoms with van der Waals surface area (Å²) in [5.41, 5.74) is 1.56. The lowest BCUT2D eigenvalue weighted by atomic mass is 9.97. The Labute approximate surface area is 157 Å². The van der Waals surface area contributed by atoms with Gasteiger partial charge in [-0.1, -0.05) is 11.6 Å². The second-order valence-corrected chi connectivity index (χ2v) is 6.07. The molecule has 1 aliphatic heterocycles. The van der Waals surface area contributed by atoms with E-state index in [1.165, 1.54) is 25.7 Å². The van der Waals surface area contributed by atoms with Crippen LogP contribution in [0, 0.1) is 0 Å². The van der Waals surface area contributed by atoms with Crippen LogP contribution < -0.4 is 10.6 Å². The zero-order valence-corrected chi connectivity index (χ0v) is 16.6. The largest absolute Gasteiger partial charge is 0.357 e. The highest BCUT2D eigenvalue weighted by Crippen LogP contribution is 2.19. The Kier molecular flexibility index (Phi) is 10.3. The van der Waals surface area contributed by atoms with Gasteiger partial charge in [-0.15, -0.1) is 24.0 Å². The minimum atomic E-state index is 0. The lowest BCUT2D eigenvalue weighted by Crippen LogP contribution is -2.39. The summed E-state index contributed by atoms with van der Waals surface area (Å²) in [6, 6.07) is 0. The maximum absolute atomic E-state index is 12.0. The van der Waals surface area contributed by atoms with E-state index >= 15 is 0 Å². The molecule has 1 heterocycles. The van der Waals surface area contributed by atoms with E-state index in [2.05, 4.69) is 21.7 Å². The van der Waals surface area contributed by atoms with E-state index in [9.17, 15) is 4.79 Å². The number of hydrogen-bond acceptors (Lipinski definition) is 2. The van der Waals surface area contributed by atoms with Crippen molar-refractivity contribution in [2.45, 2.75) is 51.9 Å². The molecule has 132 valence electrons. The average molecular weight is 434 g/mol. The molecule has 2 N–H and O–H groups in total. The molecule has 0 saturated carbocycles. The van der Waals surface area contributed by atoms with Gasteiger partial charge in [0, 0.05) is 26.2 Å².